The standard InChI is InChI=1S/C21H25N3O4S/c1-16-8-4-7-11-19(16)28-13-12-23(2)21(25)14-24-18-10-6-5-9-17(18)22-20(24)15-29(3,26)27/h4-11H,12-15H2,1-3H3. The molecule has 3 aromatic rings. The Labute approximate surface area is 170 Å². The average molecular weight is 416 g/mol. The van der Waals surface area contributed by atoms with Gasteiger partial charge in [-0.3, -0.25) is 4.79 Å². The van der Waals surface area contributed by atoms with Crippen LogP contribution in [0.5, 0.6) is 5.75 Å². The van der Waals surface area contributed by atoms with Gasteiger partial charge in [-0.1, -0.05) is 30.3 Å². The van der Waals surface area contributed by atoms with Crippen LogP contribution >= 0.6 is 0 Å². The maximum absolute atomic E-state index is 12.8. The van der Waals surface area contributed by atoms with E-state index in [9.17, 15) is 13.2 Å². The van der Waals surface area contributed by atoms with Crippen LogP contribution in [0.2, 0.25) is 0 Å². The normalized spacial score (nSPS) is 11.6. The first kappa shape index (κ1) is 20.9. The number of aromatic nitrogens is 2. The largest absolute Gasteiger partial charge is 0.491 e. The molecule has 0 radical (unpaired) electrons. The fraction of sp³-hybridized carbons (Fsp3) is 0.333. The predicted octanol–water partition coefficient (Wildman–Crippen LogP) is 2.43. The van der Waals surface area contributed by atoms with Crippen LogP contribution in [0.3, 0.4) is 0 Å². The zero-order valence-electron chi connectivity index (χ0n) is 16.8. The number of likely N-dealkylation sites (N-methyl/N-ethyl adjacent to an activating group) is 1. The van der Waals surface area contributed by atoms with Crippen LogP contribution in [-0.2, 0) is 26.9 Å². The van der Waals surface area contributed by atoms with Gasteiger partial charge in [0.25, 0.3) is 0 Å². The molecule has 0 N–H and O–H groups in total. The number of benzene rings is 2. The number of sulfone groups is 1. The molecule has 0 spiro atoms. The summed E-state index contributed by atoms with van der Waals surface area (Å²) >= 11 is 0. The lowest BCUT2D eigenvalue weighted by molar-refractivity contribution is -0.130. The van der Waals surface area contributed by atoms with Gasteiger partial charge in [-0.2, -0.15) is 0 Å². The Kier molecular flexibility index (Phi) is 6.22. The Morgan fingerprint density at radius 2 is 1.83 bits per heavy atom. The minimum Gasteiger partial charge on any atom is -0.491 e. The van der Waals surface area contributed by atoms with Crippen LogP contribution in [0.4, 0.5) is 0 Å². The summed E-state index contributed by atoms with van der Waals surface area (Å²) in [5, 5.41) is 0. The maximum Gasteiger partial charge on any atom is 0.242 e. The van der Waals surface area contributed by atoms with Crippen LogP contribution in [0.15, 0.2) is 48.5 Å². The smallest absolute Gasteiger partial charge is 0.242 e. The molecule has 0 aliphatic heterocycles. The van der Waals surface area contributed by atoms with Crippen LogP contribution in [-0.4, -0.2) is 55.2 Å². The van der Waals surface area contributed by atoms with E-state index in [0.29, 0.717) is 24.5 Å². The van der Waals surface area contributed by atoms with Gasteiger partial charge in [-0.05, 0) is 30.7 Å². The van der Waals surface area contributed by atoms with Gasteiger partial charge in [-0.25, -0.2) is 13.4 Å². The molecule has 8 heteroatoms. The summed E-state index contributed by atoms with van der Waals surface area (Å²) in [5.74, 6) is 0.807. The van der Waals surface area contributed by atoms with Gasteiger partial charge < -0.3 is 14.2 Å². The molecular formula is C21H25N3O4S. The number of ether oxygens (including phenoxy) is 1. The second-order valence-corrected chi connectivity index (χ2v) is 9.24. The summed E-state index contributed by atoms with van der Waals surface area (Å²) in [7, 11) is -1.57. The first-order valence-electron chi connectivity index (χ1n) is 9.29. The van der Waals surface area contributed by atoms with Crippen molar-refractivity contribution in [3.8, 4) is 5.75 Å². The number of aryl methyl sites for hydroxylation is 1. The van der Waals surface area contributed by atoms with Gasteiger partial charge in [0.2, 0.25) is 5.91 Å². The monoisotopic (exact) mass is 415 g/mol. The first-order valence-corrected chi connectivity index (χ1v) is 11.3. The summed E-state index contributed by atoms with van der Waals surface area (Å²) in [6.45, 7) is 2.78. The molecule has 0 unspecified atom stereocenters. The van der Waals surface area contributed by atoms with E-state index >= 15 is 0 Å². The molecule has 7 nitrogen and oxygen atoms in total. The number of hydrogen-bond acceptors (Lipinski definition) is 5. The number of nitrogens with zero attached hydrogens (tertiary/aromatic N) is 3. The van der Waals surface area contributed by atoms with Gasteiger partial charge in [0.15, 0.2) is 9.84 Å². The van der Waals surface area contributed by atoms with Gasteiger partial charge in [0.05, 0.1) is 17.6 Å². The van der Waals surface area contributed by atoms with E-state index in [2.05, 4.69) is 4.98 Å². The summed E-state index contributed by atoms with van der Waals surface area (Å²) in [6, 6.07) is 15.0. The molecule has 29 heavy (non-hydrogen) atoms. The third kappa shape index (κ3) is 5.35. The second kappa shape index (κ2) is 8.65. The summed E-state index contributed by atoms with van der Waals surface area (Å²) in [6.07, 6.45) is 1.16. The highest BCUT2D eigenvalue weighted by atomic mass is 32.2. The van der Waals surface area contributed by atoms with Crippen molar-refractivity contribution < 1.29 is 17.9 Å². The highest BCUT2D eigenvalue weighted by Gasteiger charge is 2.19. The SMILES string of the molecule is Cc1ccccc1OCCN(C)C(=O)Cn1c(CS(C)(=O)=O)nc2ccccc21. The average Bonchev–Trinajstić information content (AvgIpc) is 2.98. The van der Waals surface area contributed by atoms with Crippen LogP contribution in [0.1, 0.15) is 11.4 Å². The topological polar surface area (TPSA) is 81.5 Å². The third-order valence-electron chi connectivity index (χ3n) is 4.62. The highest BCUT2D eigenvalue weighted by Crippen LogP contribution is 2.18. The second-order valence-electron chi connectivity index (χ2n) is 7.10. The van der Waals surface area contributed by atoms with E-state index < -0.39 is 9.84 Å². The van der Waals surface area contributed by atoms with Crippen molar-refractivity contribution >= 4 is 26.8 Å². The molecule has 0 saturated carbocycles. The number of hydrogen-bond donors (Lipinski definition) is 0. The van der Waals surface area contributed by atoms with Crippen molar-refractivity contribution in [2.45, 2.75) is 19.2 Å². The fourth-order valence-corrected chi connectivity index (χ4v) is 3.73. The Balaban J connectivity index is 1.70. The Hall–Kier alpha value is -2.87. The number of fused-ring (bicyclic) bond motifs is 1. The molecule has 0 aliphatic rings. The lowest BCUT2D eigenvalue weighted by Crippen LogP contribution is -2.34. The van der Waals surface area contributed by atoms with E-state index in [0.717, 1.165) is 23.1 Å². The van der Waals surface area contributed by atoms with Crippen molar-refractivity contribution in [3.63, 3.8) is 0 Å². The lowest BCUT2D eigenvalue weighted by Gasteiger charge is -2.19. The van der Waals surface area contributed by atoms with Crippen molar-refractivity contribution in [1.82, 2.24) is 14.5 Å². The van der Waals surface area contributed by atoms with Crippen molar-refractivity contribution in [2.24, 2.45) is 0 Å². The number of amides is 1. The van der Waals surface area contributed by atoms with Crippen molar-refractivity contribution in [3.05, 3.63) is 59.9 Å². The number of para-hydroxylation sites is 3. The van der Waals surface area contributed by atoms with Crippen LogP contribution in [0, 0.1) is 6.92 Å². The highest BCUT2D eigenvalue weighted by molar-refractivity contribution is 7.89. The van der Waals surface area contributed by atoms with Crippen LogP contribution in [0.25, 0.3) is 11.0 Å². The molecule has 0 fully saturated rings. The molecule has 3 rings (SSSR count). The van der Waals surface area contributed by atoms with Gasteiger partial charge in [-0.15, -0.1) is 0 Å². The van der Waals surface area contributed by atoms with E-state index in [1.165, 1.54) is 0 Å². The lowest BCUT2D eigenvalue weighted by atomic mass is 10.2. The van der Waals surface area contributed by atoms with E-state index in [4.69, 9.17) is 4.74 Å². The molecule has 0 aliphatic carbocycles. The number of imidazole rings is 1. The molecule has 1 heterocycles. The molecule has 0 bridgehead atoms. The maximum atomic E-state index is 12.8. The minimum absolute atomic E-state index is 0.0201. The summed E-state index contributed by atoms with van der Waals surface area (Å²) < 4.78 is 31.0. The first-order chi connectivity index (χ1) is 13.7. The van der Waals surface area contributed by atoms with Gasteiger partial charge >= 0.3 is 0 Å². The van der Waals surface area contributed by atoms with Crippen molar-refractivity contribution in [1.29, 1.82) is 0 Å². The zero-order valence-corrected chi connectivity index (χ0v) is 17.6. The zero-order chi connectivity index (χ0) is 21.0. The molecule has 0 saturated heterocycles. The van der Waals surface area contributed by atoms with E-state index in [1.807, 2.05) is 55.5 Å². The van der Waals surface area contributed by atoms with Gasteiger partial charge in [0, 0.05) is 13.3 Å². The van der Waals surface area contributed by atoms with E-state index in [-0.39, 0.29) is 18.2 Å². The molecule has 1 amide bonds. The van der Waals surface area contributed by atoms with Gasteiger partial charge in [0.1, 0.15) is 30.5 Å². The predicted molar refractivity (Wildman–Crippen MR) is 113 cm³/mol. The molecule has 2 aromatic carbocycles. The molecule has 1 aromatic heterocycles. The number of carbonyl (C=O) groups is 1. The van der Waals surface area contributed by atoms with Crippen LogP contribution < -0.4 is 4.74 Å². The Morgan fingerprint density at radius 3 is 2.55 bits per heavy atom. The summed E-state index contributed by atoms with van der Waals surface area (Å²) in [4.78, 5) is 18.7. The number of rotatable bonds is 8. The minimum atomic E-state index is -3.28. The third-order valence-corrected chi connectivity index (χ3v) is 5.40. The van der Waals surface area contributed by atoms with Crippen molar-refractivity contribution in [2.75, 3.05) is 26.5 Å². The molecular weight excluding hydrogens is 390 g/mol. The Bertz CT molecular complexity index is 1120. The Morgan fingerprint density at radius 1 is 1.14 bits per heavy atom. The quantitative estimate of drug-likeness (QED) is 0.564. The summed E-state index contributed by atoms with van der Waals surface area (Å²) in [5.41, 5.74) is 2.45. The number of carbonyl (C=O) groups excluding carboxylic acids is 1. The fourth-order valence-electron chi connectivity index (χ4n) is 3.04. The molecule has 154 valence electrons. The molecule has 0 atom stereocenters. The van der Waals surface area contributed by atoms with E-state index in [1.54, 1.807) is 16.5 Å².